The highest BCUT2D eigenvalue weighted by Gasteiger charge is 2.26. The molecule has 1 aliphatic heterocycles. The standard InChI is InChI=1S/C51H32N4O2/c1-3-14-31(15-4-1)33-28-34(30-35(29-33)55-41-22-10-7-18-36(41)37-26-27-45-47(48(37)55)39-20-9-12-24-43(39)57-45)50-52-49(32-16-5-2-6-17-32)53-51(54-50)40-21-13-25-44-46(40)38-19-8-11-23-42(38)56-44/h1-30,50H,(H,52,53,54). The molecule has 8 aromatic carbocycles. The molecule has 12 rings (SSSR count). The molecule has 4 heterocycles. The SMILES string of the molecule is c1ccc(C2=NC(c3cc(-c4ccccc4)cc(-n4c5ccccc5c5ccc6oc7ccccc7c6c54)c3)N=C(c3cccc4oc5ccccc5c34)N2)cc1. The largest absolute Gasteiger partial charge is 0.456 e. The van der Waals surface area contributed by atoms with E-state index < -0.39 is 6.17 Å². The van der Waals surface area contributed by atoms with Crippen molar-refractivity contribution in [1.29, 1.82) is 0 Å². The highest BCUT2D eigenvalue weighted by atomic mass is 16.3. The molecule has 3 aromatic heterocycles. The zero-order chi connectivity index (χ0) is 37.5. The summed E-state index contributed by atoms with van der Waals surface area (Å²) in [7, 11) is 0. The van der Waals surface area contributed by atoms with E-state index in [0.29, 0.717) is 0 Å². The predicted octanol–water partition coefficient (Wildman–Crippen LogP) is 12.7. The second kappa shape index (κ2) is 12.4. The van der Waals surface area contributed by atoms with Crippen LogP contribution >= 0.6 is 0 Å². The van der Waals surface area contributed by atoms with E-state index in [1.165, 1.54) is 10.8 Å². The molecule has 0 amide bonds. The Morgan fingerprint density at radius 3 is 1.82 bits per heavy atom. The van der Waals surface area contributed by atoms with E-state index in [0.717, 1.165) is 100 Å². The van der Waals surface area contributed by atoms with E-state index in [9.17, 15) is 0 Å². The molecule has 0 aliphatic carbocycles. The molecule has 11 aromatic rings. The van der Waals surface area contributed by atoms with Gasteiger partial charge in [0.2, 0.25) is 0 Å². The van der Waals surface area contributed by atoms with Gasteiger partial charge in [0.1, 0.15) is 34.0 Å². The molecular formula is C51H32N4O2. The molecule has 0 saturated carbocycles. The van der Waals surface area contributed by atoms with Gasteiger partial charge in [-0.1, -0.05) is 127 Å². The highest BCUT2D eigenvalue weighted by molar-refractivity contribution is 6.25. The summed E-state index contributed by atoms with van der Waals surface area (Å²) < 4.78 is 15.2. The first-order valence-electron chi connectivity index (χ1n) is 19.2. The minimum atomic E-state index is -0.560. The maximum absolute atomic E-state index is 6.46. The fourth-order valence-electron chi connectivity index (χ4n) is 8.69. The Morgan fingerprint density at radius 1 is 0.439 bits per heavy atom. The monoisotopic (exact) mass is 732 g/mol. The summed E-state index contributed by atoms with van der Waals surface area (Å²) in [6, 6.07) is 63.3. The van der Waals surface area contributed by atoms with Crippen molar-refractivity contribution < 1.29 is 8.83 Å². The lowest BCUT2D eigenvalue weighted by molar-refractivity contribution is 0.668. The molecule has 1 aliphatic rings. The number of para-hydroxylation sites is 3. The normalized spacial score (nSPS) is 14.5. The second-order valence-corrected chi connectivity index (χ2v) is 14.6. The van der Waals surface area contributed by atoms with Gasteiger partial charge in [0.25, 0.3) is 0 Å². The number of fused-ring (bicyclic) bond motifs is 10. The molecule has 268 valence electrons. The summed E-state index contributed by atoms with van der Waals surface area (Å²) in [5.74, 6) is 1.49. The van der Waals surface area contributed by atoms with Crippen LogP contribution in [0.15, 0.2) is 201 Å². The minimum absolute atomic E-state index is 0.560. The Balaban J connectivity index is 1.15. The number of nitrogens with zero attached hydrogens (tertiary/aromatic N) is 3. The Bertz CT molecular complexity index is 3440. The van der Waals surface area contributed by atoms with Crippen molar-refractivity contribution in [3.63, 3.8) is 0 Å². The second-order valence-electron chi connectivity index (χ2n) is 14.6. The number of aromatic nitrogens is 1. The van der Waals surface area contributed by atoms with E-state index in [2.05, 4.69) is 137 Å². The van der Waals surface area contributed by atoms with Crippen LogP contribution in [0.25, 0.3) is 82.5 Å². The van der Waals surface area contributed by atoms with Crippen LogP contribution in [0.1, 0.15) is 22.9 Å². The Labute approximate surface area is 326 Å². The van der Waals surface area contributed by atoms with E-state index in [1.54, 1.807) is 0 Å². The lowest BCUT2D eigenvalue weighted by Crippen LogP contribution is -2.36. The number of aliphatic imine (C=N–C) groups is 2. The number of hydrogen-bond donors (Lipinski definition) is 1. The smallest absolute Gasteiger partial charge is 0.169 e. The highest BCUT2D eigenvalue weighted by Crippen LogP contribution is 2.42. The lowest BCUT2D eigenvalue weighted by atomic mass is 9.99. The number of rotatable bonds is 5. The molecule has 6 nitrogen and oxygen atoms in total. The number of hydrogen-bond acceptors (Lipinski definition) is 5. The summed E-state index contributed by atoms with van der Waals surface area (Å²) in [6.07, 6.45) is -0.560. The third kappa shape index (κ3) is 4.97. The zero-order valence-electron chi connectivity index (χ0n) is 30.6. The topological polar surface area (TPSA) is 68.0 Å². The average molecular weight is 733 g/mol. The molecule has 1 unspecified atom stereocenters. The van der Waals surface area contributed by atoms with Crippen molar-refractivity contribution in [2.24, 2.45) is 9.98 Å². The van der Waals surface area contributed by atoms with Gasteiger partial charge in [-0.15, -0.1) is 0 Å². The summed E-state index contributed by atoms with van der Waals surface area (Å²) >= 11 is 0. The van der Waals surface area contributed by atoms with Gasteiger partial charge in [0.15, 0.2) is 6.17 Å². The van der Waals surface area contributed by atoms with Crippen LogP contribution < -0.4 is 5.32 Å². The van der Waals surface area contributed by atoms with Crippen molar-refractivity contribution in [2.75, 3.05) is 0 Å². The number of amidine groups is 2. The fourth-order valence-corrected chi connectivity index (χ4v) is 8.69. The van der Waals surface area contributed by atoms with Gasteiger partial charge in [0, 0.05) is 49.3 Å². The summed E-state index contributed by atoms with van der Waals surface area (Å²) in [6.45, 7) is 0. The number of benzene rings is 8. The minimum Gasteiger partial charge on any atom is -0.456 e. The average Bonchev–Trinajstić information content (AvgIpc) is 3.96. The first kappa shape index (κ1) is 31.6. The fraction of sp³-hybridized carbons (Fsp3) is 0.0196. The van der Waals surface area contributed by atoms with Crippen LogP contribution in [0.2, 0.25) is 0 Å². The molecule has 0 bridgehead atoms. The molecule has 1 N–H and O–H groups in total. The molecule has 6 heteroatoms. The maximum atomic E-state index is 6.46. The Hall–Kier alpha value is -7.70. The summed E-state index contributed by atoms with van der Waals surface area (Å²) in [4.78, 5) is 10.8. The molecule has 1 atom stereocenters. The van der Waals surface area contributed by atoms with Crippen molar-refractivity contribution >= 4 is 77.4 Å². The molecule has 0 saturated heterocycles. The van der Waals surface area contributed by atoms with E-state index in [-0.39, 0.29) is 0 Å². The quantitative estimate of drug-likeness (QED) is 0.192. The first-order valence-corrected chi connectivity index (χ1v) is 19.2. The van der Waals surface area contributed by atoms with Crippen molar-refractivity contribution in [1.82, 2.24) is 9.88 Å². The van der Waals surface area contributed by atoms with Crippen molar-refractivity contribution in [3.8, 4) is 16.8 Å². The van der Waals surface area contributed by atoms with E-state index in [1.807, 2.05) is 54.6 Å². The van der Waals surface area contributed by atoms with Crippen molar-refractivity contribution in [2.45, 2.75) is 6.17 Å². The van der Waals surface area contributed by atoms with Crippen LogP contribution in [-0.2, 0) is 0 Å². The van der Waals surface area contributed by atoms with Crippen LogP contribution in [0.3, 0.4) is 0 Å². The Kier molecular flexibility index (Phi) is 6.89. The number of nitrogens with one attached hydrogen (secondary N) is 1. The van der Waals surface area contributed by atoms with Crippen molar-refractivity contribution in [3.05, 3.63) is 199 Å². The van der Waals surface area contributed by atoms with E-state index >= 15 is 0 Å². The zero-order valence-corrected chi connectivity index (χ0v) is 30.6. The predicted molar refractivity (Wildman–Crippen MR) is 233 cm³/mol. The van der Waals surface area contributed by atoms with Gasteiger partial charge < -0.3 is 18.7 Å². The molecule has 0 fully saturated rings. The van der Waals surface area contributed by atoms with Gasteiger partial charge in [-0.25, -0.2) is 9.98 Å². The van der Waals surface area contributed by atoms with Gasteiger partial charge in [-0.2, -0.15) is 0 Å². The lowest BCUT2D eigenvalue weighted by Gasteiger charge is -2.24. The van der Waals surface area contributed by atoms with Crippen LogP contribution in [0.4, 0.5) is 0 Å². The van der Waals surface area contributed by atoms with E-state index in [4.69, 9.17) is 18.8 Å². The maximum Gasteiger partial charge on any atom is 0.169 e. The van der Waals surface area contributed by atoms with Gasteiger partial charge in [-0.3, -0.25) is 0 Å². The Morgan fingerprint density at radius 2 is 1.05 bits per heavy atom. The third-order valence-corrected chi connectivity index (χ3v) is 11.2. The molecule has 0 radical (unpaired) electrons. The summed E-state index contributed by atoms with van der Waals surface area (Å²) in [5.41, 5.74) is 11.7. The van der Waals surface area contributed by atoms with Gasteiger partial charge in [-0.05, 0) is 65.7 Å². The first-order chi connectivity index (χ1) is 28.2. The number of furan rings is 2. The van der Waals surface area contributed by atoms with Gasteiger partial charge in [0.05, 0.1) is 16.4 Å². The van der Waals surface area contributed by atoms with Crippen LogP contribution in [-0.4, -0.2) is 16.2 Å². The molecular weight excluding hydrogens is 701 g/mol. The van der Waals surface area contributed by atoms with Crippen LogP contribution in [0.5, 0.6) is 0 Å². The molecule has 57 heavy (non-hydrogen) atoms. The molecule has 0 spiro atoms. The summed E-state index contributed by atoms with van der Waals surface area (Å²) in [5, 5.41) is 10.2. The van der Waals surface area contributed by atoms with Gasteiger partial charge >= 0.3 is 0 Å². The van der Waals surface area contributed by atoms with Crippen LogP contribution in [0, 0.1) is 0 Å². The third-order valence-electron chi connectivity index (χ3n) is 11.2.